The highest BCUT2D eigenvalue weighted by atomic mass is 16.1. The summed E-state index contributed by atoms with van der Waals surface area (Å²) in [4.78, 5) is 20.5. The monoisotopic (exact) mass is 321 g/mol. The first-order valence-electron chi connectivity index (χ1n) is 7.75. The Balaban J connectivity index is 1.78. The van der Waals surface area contributed by atoms with E-state index in [0.717, 1.165) is 22.6 Å². The van der Waals surface area contributed by atoms with Crippen molar-refractivity contribution < 1.29 is 4.79 Å². The second-order valence-electron chi connectivity index (χ2n) is 5.67. The Labute approximate surface area is 140 Å². The van der Waals surface area contributed by atoms with Crippen molar-refractivity contribution in [1.29, 1.82) is 0 Å². The predicted molar refractivity (Wildman–Crippen MR) is 91.0 cm³/mol. The summed E-state index contributed by atoms with van der Waals surface area (Å²) in [5.74, 6) is -0.248. The van der Waals surface area contributed by atoms with Crippen molar-refractivity contribution in [1.82, 2.24) is 25.1 Å². The van der Waals surface area contributed by atoms with E-state index in [1.807, 2.05) is 55.8 Å². The van der Waals surface area contributed by atoms with Gasteiger partial charge in [0.2, 0.25) is 0 Å². The zero-order valence-corrected chi connectivity index (χ0v) is 13.9. The number of para-hydroxylation sites is 1. The Kier molecular flexibility index (Phi) is 4.37. The molecule has 0 aliphatic rings. The zero-order chi connectivity index (χ0) is 17.1. The van der Waals surface area contributed by atoms with Crippen LogP contribution in [-0.2, 0) is 0 Å². The second kappa shape index (κ2) is 6.62. The molecule has 3 rings (SSSR count). The molecule has 3 aromatic rings. The van der Waals surface area contributed by atoms with Gasteiger partial charge in [0.1, 0.15) is 5.69 Å². The molecule has 0 aliphatic carbocycles. The van der Waals surface area contributed by atoms with Crippen LogP contribution in [0.5, 0.6) is 0 Å². The molecule has 0 saturated heterocycles. The molecule has 0 aliphatic heterocycles. The fraction of sp³-hybridized carbons (Fsp3) is 0.222. The highest BCUT2D eigenvalue weighted by Gasteiger charge is 2.17. The number of amides is 1. The molecule has 1 N–H and O–H groups in total. The predicted octanol–water partition coefficient (Wildman–Crippen LogP) is 2.77. The van der Waals surface area contributed by atoms with Crippen molar-refractivity contribution >= 4 is 5.91 Å². The van der Waals surface area contributed by atoms with Crippen molar-refractivity contribution in [3.8, 4) is 5.69 Å². The van der Waals surface area contributed by atoms with Gasteiger partial charge < -0.3 is 5.32 Å². The van der Waals surface area contributed by atoms with Gasteiger partial charge in [-0.1, -0.05) is 18.2 Å². The number of nitrogens with one attached hydrogen (secondary N) is 1. The molecule has 0 fully saturated rings. The van der Waals surface area contributed by atoms with Crippen LogP contribution in [0, 0.1) is 13.8 Å². The van der Waals surface area contributed by atoms with E-state index in [9.17, 15) is 4.79 Å². The number of aryl methyl sites for hydroxylation is 1. The third kappa shape index (κ3) is 3.17. The molecule has 2 heterocycles. The number of benzene rings is 1. The normalized spacial score (nSPS) is 12.0. The molecule has 0 bridgehead atoms. The summed E-state index contributed by atoms with van der Waals surface area (Å²) in [5.41, 5.74) is 4.03. The Morgan fingerprint density at radius 2 is 1.83 bits per heavy atom. The van der Waals surface area contributed by atoms with Crippen LogP contribution < -0.4 is 5.32 Å². The fourth-order valence-electron chi connectivity index (χ4n) is 2.54. The SMILES string of the molecule is Cc1cnc(C(=O)N[C@H](C)c2cnn(-c3ccccc3)c2C)cn1. The number of carbonyl (C=O) groups is 1. The van der Waals surface area contributed by atoms with Crippen LogP contribution in [0.15, 0.2) is 48.9 Å². The van der Waals surface area contributed by atoms with E-state index in [0.29, 0.717) is 5.69 Å². The van der Waals surface area contributed by atoms with Crippen LogP contribution in [0.4, 0.5) is 0 Å². The van der Waals surface area contributed by atoms with Gasteiger partial charge in [-0.15, -0.1) is 0 Å². The summed E-state index contributed by atoms with van der Waals surface area (Å²) < 4.78 is 1.86. The maximum absolute atomic E-state index is 12.3. The highest BCUT2D eigenvalue weighted by Crippen LogP contribution is 2.20. The van der Waals surface area contributed by atoms with Gasteiger partial charge in [0.05, 0.1) is 29.8 Å². The van der Waals surface area contributed by atoms with Crippen LogP contribution in [0.1, 0.15) is 40.4 Å². The first kappa shape index (κ1) is 15.9. The zero-order valence-electron chi connectivity index (χ0n) is 13.9. The minimum Gasteiger partial charge on any atom is -0.344 e. The van der Waals surface area contributed by atoms with Crippen molar-refractivity contribution in [2.75, 3.05) is 0 Å². The number of nitrogens with zero attached hydrogens (tertiary/aromatic N) is 4. The molecule has 24 heavy (non-hydrogen) atoms. The smallest absolute Gasteiger partial charge is 0.271 e. The van der Waals surface area contributed by atoms with Crippen LogP contribution in [0.2, 0.25) is 0 Å². The van der Waals surface area contributed by atoms with E-state index in [1.165, 1.54) is 6.20 Å². The van der Waals surface area contributed by atoms with Crippen molar-refractivity contribution in [3.05, 3.63) is 71.6 Å². The van der Waals surface area contributed by atoms with Gasteiger partial charge in [-0.25, -0.2) is 9.67 Å². The molecule has 6 heteroatoms. The van der Waals surface area contributed by atoms with Gasteiger partial charge in [0.25, 0.3) is 5.91 Å². The molecule has 0 unspecified atom stereocenters. The summed E-state index contributed by atoms with van der Waals surface area (Å²) in [7, 11) is 0. The van der Waals surface area contributed by atoms with Gasteiger partial charge in [-0.05, 0) is 32.9 Å². The Bertz CT molecular complexity index is 840. The second-order valence-corrected chi connectivity index (χ2v) is 5.67. The summed E-state index contributed by atoms with van der Waals surface area (Å²) in [6.07, 6.45) is 4.85. The summed E-state index contributed by atoms with van der Waals surface area (Å²) >= 11 is 0. The number of rotatable bonds is 4. The van der Waals surface area contributed by atoms with Crippen molar-refractivity contribution in [2.45, 2.75) is 26.8 Å². The van der Waals surface area contributed by atoms with Crippen LogP contribution in [0.25, 0.3) is 5.69 Å². The van der Waals surface area contributed by atoms with Gasteiger partial charge in [0.15, 0.2) is 0 Å². The van der Waals surface area contributed by atoms with Crippen LogP contribution in [-0.4, -0.2) is 25.7 Å². The van der Waals surface area contributed by atoms with E-state index in [1.54, 1.807) is 12.4 Å². The molecule has 1 amide bonds. The minimum atomic E-state index is -0.248. The first-order valence-corrected chi connectivity index (χ1v) is 7.75. The Hall–Kier alpha value is -3.02. The maximum atomic E-state index is 12.3. The molecule has 0 radical (unpaired) electrons. The lowest BCUT2D eigenvalue weighted by atomic mass is 10.1. The lowest BCUT2D eigenvalue weighted by molar-refractivity contribution is 0.0934. The third-order valence-corrected chi connectivity index (χ3v) is 3.88. The van der Waals surface area contributed by atoms with Gasteiger partial charge >= 0.3 is 0 Å². The Morgan fingerprint density at radius 3 is 2.50 bits per heavy atom. The molecular weight excluding hydrogens is 302 g/mol. The number of aromatic nitrogens is 4. The van der Waals surface area contributed by atoms with E-state index >= 15 is 0 Å². The quantitative estimate of drug-likeness (QED) is 0.802. The largest absolute Gasteiger partial charge is 0.344 e. The lowest BCUT2D eigenvalue weighted by Gasteiger charge is -2.14. The summed E-state index contributed by atoms with van der Waals surface area (Å²) in [5, 5.41) is 7.38. The third-order valence-electron chi connectivity index (χ3n) is 3.88. The standard InChI is InChI=1S/C18H19N5O/c1-12-9-20-17(11-19-12)18(24)22-13(2)16-10-21-23(14(16)3)15-7-5-4-6-8-15/h4-11,13H,1-3H3,(H,22,24)/t13-/m1/s1. The van der Waals surface area contributed by atoms with E-state index in [2.05, 4.69) is 20.4 Å². The lowest BCUT2D eigenvalue weighted by Crippen LogP contribution is -2.27. The molecule has 0 spiro atoms. The number of hydrogen-bond acceptors (Lipinski definition) is 4. The summed E-state index contributed by atoms with van der Waals surface area (Å²) in [6, 6.07) is 9.71. The van der Waals surface area contributed by atoms with Crippen molar-refractivity contribution in [2.24, 2.45) is 0 Å². The van der Waals surface area contributed by atoms with Crippen LogP contribution >= 0.6 is 0 Å². The van der Waals surface area contributed by atoms with Gasteiger partial charge in [-0.2, -0.15) is 5.10 Å². The van der Waals surface area contributed by atoms with E-state index in [-0.39, 0.29) is 11.9 Å². The van der Waals surface area contributed by atoms with E-state index in [4.69, 9.17) is 0 Å². The van der Waals surface area contributed by atoms with Gasteiger partial charge in [0, 0.05) is 17.5 Å². The molecule has 122 valence electrons. The number of carbonyl (C=O) groups excluding carboxylic acids is 1. The highest BCUT2D eigenvalue weighted by molar-refractivity contribution is 5.92. The minimum absolute atomic E-state index is 0.182. The average Bonchev–Trinajstić information content (AvgIpc) is 2.98. The number of hydrogen-bond donors (Lipinski definition) is 1. The molecule has 0 saturated carbocycles. The molecule has 6 nitrogen and oxygen atoms in total. The molecule has 1 aromatic carbocycles. The van der Waals surface area contributed by atoms with E-state index < -0.39 is 0 Å². The van der Waals surface area contributed by atoms with Crippen LogP contribution in [0.3, 0.4) is 0 Å². The molecular formula is C18H19N5O. The van der Waals surface area contributed by atoms with Gasteiger partial charge in [-0.3, -0.25) is 9.78 Å². The fourth-order valence-corrected chi connectivity index (χ4v) is 2.54. The maximum Gasteiger partial charge on any atom is 0.271 e. The first-order chi connectivity index (χ1) is 11.6. The topological polar surface area (TPSA) is 72.7 Å². The summed E-state index contributed by atoms with van der Waals surface area (Å²) in [6.45, 7) is 5.75. The van der Waals surface area contributed by atoms with Crippen molar-refractivity contribution in [3.63, 3.8) is 0 Å². The average molecular weight is 321 g/mol. The molecule has 2 aromatic heterocycles. The molecule has 1 atom stereocenters. The Morgan fingerprint density at radius 1 is 1.08 bits per heavy atom.